The Morgan fingerprint density at radius 1 is 0.720 bits per heavy atom. The van der Waals surface area contributed by atoms with Crippen LogP contribution in [0.4, 0.5) is 4.39 Å². The van der Waals surface area contributed by atoms with E-state index in [1.807, 2.05) is 66.7 Å². The Bertz CT molecular complexity index is 918. The van der Waals surface area contributed by atoms with E-state index < -0.39 is 0 Å². The summed E-state index contributed by atoms with van der Waals surface area (Å²) in [7, 11) is 0. The molecule has 0 unspecified atom stereocenters. The van der Waals surface area contributed by atoms with E-state index in [1.165, 1.54) is 6.07 Å². The van der Waals surface area contributed by atoms with Crippen LogP contribution in [0.5, 0.6) is 0 Å². The van der Waals surface area contributed by atoms with Gasteiger partial charge in [0.05, 0.1) is 11.4 Å². The van der Waals surface area contributed by atoms with Crippen molar-refractivity contribution in [3.63, 3.8) is 0 Å². The second kappa shape index (κ2) is 6.73. The summed E-state index contributed by atoms with van der Waals surface area (Å²) in [6, 6.07) is 27.0. The van der Waals surface area contributed by atoms with Crippen LogP contribution in [0.25, 0.3) is 22.5 Å². The Kier molecular flexibility index (Phi) is 4.13. The van der Waals surface area contributed by atoms with E-state index in [1.54, 1.807) is 12.1 Å². The number of hydrogen-bond donors (Lipinski definition) is 1. The fraction of sp³-hybridized carbons (Fsp3) is 0.0455. The van der Waals surface area contributed by atoms with Crippen molar-refractivity contribution in [1.29, 1.82) is 0 Å². The highest BCUT2D eigenvalue weighted by molar-refractivity contribution is 5.78. The van der Waals surface area contributed by atoms with Crippen LogP contribution in [0.15, 0.2) is 84.9 Å². The maximum Gasteiger partial charge on any atom is 0.126 e. The standard InChI is InChI=1S/C22H17FN2/c23-19-14-8-7-13-18(19)15-20-24-21(16-9-3-1-4-10-16)22(25-20)17-11-5-2-6-12-17/h1-14H,15H2,(H,24,25). The van der Waals surface area contributed by atoms with Gasteiger partial charge in [-0.15, -0.1) is 0 Å². The molecule has 122 valence electrons. The van der Waals surface area contributed by atoms with Crippen LogP contribution in [0.3, 0.4) is 0 Å². The lowest BCUT2D eigenvalue weighted by atomic mass is 10.1. The number of aromatic nitrogens is 2. The minimum Gasteiger partial charge on any atom is -0.341 e. The van der Waals surface area contributed by atoms with Crippen molar-refractivity contribution in [3.8, 4) is 22.5 Å². The van der Waals surface area contributed by atoms with Gasteiger partial charge in [0, 0.05) is 17.5 Å². The van der Waals surface area contributed by atoms with Crippen LogP contribution in [-0.2, 0) is 6.42 Å². The van der Waals surface area contributed by atoms with Crippen molar-refractivity contribution >= 4 is 0 Å². The Hall–Kier alpha value is -3.20. The molecule has 1 N–H and O–H groups in total. The molecule has 1 heterocycles. The molecule has 0 radical (unpaired) electrons. The molecule has 0 saturated heterocycles. The SMILES string of the molecule is Fc1ccccc1Cc1nc(-c2ccccc2)c(-c2ccccc2)[nH]1. The smallest absolute Gasteiger partial charge is 0.126 e. The van der Waals surface area contributed by atoms with Crippen molar-refractivity contribution in [2.45, 2.75) is 6.42 Å². The largest absolute Gasteiger partial charge is 0.341 e. The summed E-state index contributed by atoms with van der Waals surface area (Å²) in [5.74, 6) is 0.546. The van der Waals surface area contributed by atoms with Crippen molar-refractivity contribution in [2.75, 3.05) is 0 Å². The van der Waals surface area contributed by atoms with Crippen molar-refractivity contribution in [1.82, 2.24) is 9.97 Å². The summed E-state index contributed by atoms with van der Waals surface area (Å²) >= 11 is 0. The predicted octanol–water partition coefficient (Wildman–Crippen LogP) is 5.47. The van der Waals surface area contributed by atoms with Crippen LogP contribution >= 0.6 is 0 Å². The van der Waals surface area contributed by atoms with Crippen molar-refractivity contribution < 1.29 is 4.39 Å². The molecule has 0 fully saturated rings. The number of aromatic amines is 1. The summed E-state index contributed by atoms with van der Waals surface area (Å²) in [4.78, 5) is 8.17. The molecule has 2 nitrogen and oxygen atoms in total. The van der Waals surface area contributed by atoms with Gasteiger partial charge in [-0.25, -0.2) is 9.37 Å². The van der Waals surface area contributed by atoms with Gasteiger partial charge in [0.1, 0.15) is 11.6 Å². The fourth-order valence-electron chi connectivity index (χ4n) is 2.95. The highest BCUT2D eigenvalue weighted by atomic mass is 19.1. The predicted molar refractivity (Wildman–Crippen MR) is 98.7 cm³/mol. The van der Waals surface area contributed by atoms with Crippen molar-refractivity contribution in [2.24, 2.45) is 0 Å². The average molecular weight is 328 g/mol. The zero-order chi connectivity index (χ0) is 17.1. The van der Waals surface area contributed by atoms with Crippen molar-refractivity contribution in [3.05, 3.63) is 102 Å². The highest BCUT2D eigenvalue weighted by Crippen LogP contribution is 2.30. The second-order valence-electron chi connectivity index (χ2n) is 5.91. The highest BCUT2D eigenvalue weighted by Gasteiger charge is 2.15. The van der Waals surface area contributed by atoms with Gasteiger partial charge in [-0.2, -0.15) is 0 Å². The van der Waals surface area contributed by atoms with Gasteiger partial charge in [0.15, 0.2) is 0 Å². The van der Waals surface area contributed by atoms with E-state index in [2.05, 4.69) is 4.98 Å². The Balaban J connectivity index is 1.80. The first-order chi connectivity index (χ1) is 12.3. The summed E-state index contributed by atoms with van der Waals surface area (Å²) < 4.78 is 14.0. The second-order valence-corrected chi connectivity index (χ2v) is 5.91. The molecule has 0 aliphatic carbocycles. The lowest BCUT2D eigenvalue weighted by Gasteiger charge is -2.02. The number of H-pyrrole nitrogens is 1. The first kappa shape index (κ1) is 15.3. The summed E-state index contributed by atoms with van der Waals surface area (Å²) in [6.07, 6.45) is 0.430. The van der Waals surface area contributed by atoms with Gasteiger partial charge in [0.2, 0.25) is 0 Å². The van der Waals surface area contributed by atoms with Gasteiger partial charge in [0.25, 0.3) is 0 Å². The molecule has 0 bridgehead atoms. The molecule has 1 aromatic heterocycles. The minimum atomic E-state index is -0.207. The molecule has 0 atom stereocenters. The molecule has 4 aromatic rings. The summed E-state index contributed by atoms with van der Waals surface area (Å²) in [5, 5.41) is 0. The number of imidazole rings is 1. The maximum absolute atomic E-state index is 14.0. The normalized spacial score (nSPS) is 10.8. The molecule has 3 heteroatoms. The van der Waals surface area contributed by atoms with E-state index in [0.29, 0.717) is 12.0 Å². The topological polar surface area (TPSA) is 28.7 Å². The Morgan fingerprint density at radius 2 is 1.32 bits per heavy atom. The Morgan fingerprint density at radius 3 is 2.00 bits per heavy atom. The van der Waals surface area contributed by atoms with Crippen LogP contribution in [0.1, 0.15) is 11.4 Å². The van der Waals surface area contributed by atoms with E-state index in [0.717, 1.165) is 28.3 Å². The number of hydrogen-bond acceptors (Lipinski definition) is 1. The zero-order valence-corrected chi connectivity index (χ0v) is 13.6. The molecule has 0 aliphatic rings. The van der Waals surface area contributed by atoms with Gasteiger partial charge in [-0.05, 0) is 11.6 Å². The van der Waals surface area contributed by atoms with Gasteiger partial charge in [-0.1, -0.05) is 78.9 Å². The molecule has 4 rings (SSSR count). The molecule has 0 aliphatic heterocycles. The third-order valence-corrected chi connectivity index (χ3v) is 4.18. The summed E-state index contributed by atoms with van der Waals surface area (Å²) in [5.41, 5.74) is 4.58. The molecule has 3 aromatic carbocycles. The van der Waals surface area contributed by atoms with E-state index >= 15 is 0 Å². The van der Waals surface area contributed by atoms with E-state index in [4.69, 9.17) is 4.98 Å². The van der Waals surface area contributed by atoms with Gasteiger partial charge in [-0.3, -0.25) is 0 Å². The quantitative estimate of drug-likeness (QED) is 0.528. The average Bonchev–Trinajstić information content (AvgIpc) is 3.09. The number of nitrogens with one attached hydrogen (secondary N) is 1. The molecular formula is C22H17FN2. The molecule has 25 heavy (non-hydrogen) atoms. The van der Waals surface area contributed by atoms with Crippen LogP contribution in [0, 0.1) is 5.82 Å². The first-order valence-electron chi connectivity index (χ1n) is 8.24. The lowest BCUT2D eigenvalue weighted by Crippen LogP contribution is -1.94. The van der Waals surface area contributed by atoms with E-state index in [9.17, 15) is 4.39 Å². The molecular weight excluding hydrogens is 311 g/mol. The minimum absolute atomic E-state index is 0.207. The fourth-order valence-corrected chi connectivity index (χ4v) is 2.95. The lowest BCUT2D eigenvalue weighted by molar-refractivity contribution is 0.612. The molecule has 0 spiro atoms. The zero-order valence-electron chi connectivity index (χ0n) is 13.6. The van der Waals surface area contributed by atoms with Crippen LogP contribution in [-0.4, -0.2) is 9.97 Å². The third-order valence-electron chi connectivity index (χ3n) is 4.18. The number of benzene rings is 3. The van der Waals surface area contributed by atoms with E-state index in [-0.39, 0.29) is 5.82 Å². The third kappa shape index (κ3) is 3.22. The molecule has 0 saturated carbocycles. The van der Waals surface area contributed by atoms with Gasteiger partial charge >= 0.3 is 0 Å². The van der Waals surface area contributed by atoms with Crippen LogP contribution in [0.2, 0.25) is 0 Å². The maximum atomic E-state index is 14.0. The van der Waals surface area contributed by atoms with Gasteiger partial charge < -0.3 is 4.98 Å². The number of nitrogens with zero attached hydrogens (tertiary/aromatic N) is 1. The van der Waals surface area contributed by atoms with Crippen LogP contribution < -0.4 is 0 Å². The Labute approximate surface area is 146 Å². The number of rotatable bonds is 4. The number of halogens is 1. The summed E-state index contributed by atoms with van der Waals surface area (Å²) in [6.45, 7) is 0. The monoisotopic (exact) mass is 328 g/mol. The molecule has 0 amide bonds. The first-order valence-corrected chi connectivity index (χ1v) is 8.24.